The van der Waals surface area contributed by atoms with Gasteiger partial charge in [0.2, 0.25) is 0 Å². The van der Waals surface area contributed by atoms with Crippen LogP contribution in [0.5, 0.6) is 11.5 Å². The van der Waals surface area contributed by atoms with E-state index < -0.39 is 12.3 Å². The second kappa shape index (κ2) is 8.58. The Bertz CT molecular complexity index is 522. The summed E-state index contributed by atoms with van der Waals surface area (Å²) in [6.45, 7) is 3.34. The van der Waals surface area contributed by atoms with Crippen molar-refractivity contribution in [3.63, 3.8) is 0 Å². The molecule has 1 atom stereocenters. The van der Waals surface area contributed by atoms with Crippen LogP contribution in [-0.4, -0.2) is 50.6 Å². The second-order valence-corrected chi connectivity index (χ2v) is 5.79. The summed E-state index contributed by atoms with van der Waals surface area (Å²) in [5, 5.41) is 0. The van der Waals surface area contributed by atoms with Gasteiger partial charge in [-0.1, -0.05) is 25.5 Å². The zero-order valence-corrected chi connectivity index (χ0v) is 14.1. The first-order valence-electron chi connectivity index (χ1n) is 8.15. The highest BCUT2D eigenvalue weighted by atomic mass is 19.4. The van der Waals surface area contributed by atoms with Crippen molar-refractivity contribution in [2.45, 2.75) is 38.6 Å². The fourth-order valence-corrected chi connectivity index (χ4v) is 2.61. The molecular weight excluding hydrogens is 323 g/mol. The minimum Gasteiger partial charge on any atom is -0.493 e. The molecule has 0 unspecified atom stereocenters. The molecule has 1 aromatic carbocycles. The van der Waals surface area contributed by atoms with Gasteiger partial charge in [0, 0.05) is 25.2 Å². The average molecular weight is 347 g/mol. The number of ether oxygens (including phenoxy) is 3. The summed E-state index contributed by atoms with van der Waals surface area (Å²) in [7, 11) is 1.56. The molecule has 136 valence electrons. The van der Waals surface area contributed by atoms with Crippen LogP contribution in [0.1, 0.15) is 25.3 Å². The van der Waals surface area contributed by atoms with Crippen molar-refractivity contribution in [3.8, 4) is 11.5 Å². The van der Waals surface area contributed by atoms with Crippen LogP contribution in [0.15, 0.2) is 18.2 Å². The van der Waals surface area contributed by atoms with Gasteiger partial charge in [0.05, 0.1) is 20.3 Å². The molecule has 0 bridgehead atoms. The van der Waals surface area contributed by atoms with Crippen molar-refractivity contribution in [2.24, 2.45) is 0 Å². The summed E-state index contributed by atoms with van der Waals surface area (Å²) in [6.07, 6.45) is -4.17. The summed E-state index contributed by atoms with van der Waals surface area (Å²) in [4.78, 5) is 1.74. The predicted molar refractivity (Wildman–Crippen MR) is 84.5 cm³/mol. The van der Waals surface area contributed by atoms with E-state index in [1.165, 1.54) is 0 Å². The Morgan fingerprint density at radius 1 is 1.33 bits per heavy atom. The van der Waals surface area contributed by atoms with Crippen LogP contribution in [0.4, 0.5) is 13.2 Å². The summed E-state index contributed by atoms with van der Waals surface area (Å²) in [5.41, 5.74) is 0.827. The van der Waals surface area contributed by atoms with Crippen LogP contribution < -0.4 is 9.47 Å². The fraction of sp³-hybridized carbons (Fsp3) is 0.647. The average Bonchev–Trinajstić information content (AvgIpc) is 2.55. The van der Waals surface area contributed by atoms with Gasteiger partial charge in [-0.05, 0) is 12.5 Å². The molecule has 0 aromatic heterocycles. The van der Waals surface area contributed by atoms with E-state index in [0.717, 1.165) is 18.4 Å². The third-order valence-electron chi connectivity index (χ3n) is 3.93. The molecule has 1 aromatic rings. The highest BCUT2D eigenvalue weighted by Gasteiger charge is 2.43. The number of unbranched alkanes of at least 4 members (excludes halogenated alkanes) is 1. The molecule has 0 saturated carbocycles. The number of hydrogen-bond acceptors (Lipinski definition) is 4. The number of halogens is 3. The standard InChI is InChI=1S/C17H24F3NO3/c1-3-4-9-24-16-13(6-5-7-14(16)22-2)11-21-8-10-23-15(12-21)17(18,19)20/h5-7,15H,3-4,8-12H2,1-2H3/t15-/m1/s1. The summed E-state index contributed by atoms with van der Waals surface area (Å²) in [6, 6.07) is 5.48. The largest absolute Gasteiger partial charge is 0.493 e. The van der Waals surface area contributed by atoms with Crippen molar-refractivity contribution >= 4 is 0 Å². The van der Waals surface area contributed by atoms with Crippen molar-refractivity contribution < 1.29 is 27.4 Å². The van der Waals surface area contributed by atoms with Gasteiger partial charge in [0.1, 0.15) is 0 Å². The lowest BCUT2D eigenvalue weighted by atomic mass is 10.1. The third-order valence-corrected chi connectivity index (χ3v) is 3.93. The SMILES string of the molecule is CCCCOc1c(CN2CCO[C@@H](C(F)(F)F)C2)cccc1OC. The molecular formula is C17H24F3NO3. The van der Waals surface area contributed by atoms with Crippen LogP contribution in [0.2, 0.25) is 0 Å². The number of alkyl halides is 3. The van der Waals surface area contributed by atoms with Crippen LogP contribution in [0.25, 0.3) is 0 Å². The maximum absolute atomic E-state index is 12.9. The molecule has 0 aliphatic carbocycles. The number of morpholine rings is 1. The molecule has 1 aliphatic heterocycles. The van der Waals surface area contributed by atoms with Crippen LogP contribution >= 0.6 is 0 Å². The number of rotatable bonds is 7. The number of para-hydroxylation sites is 1. The first kappa shape index (κ1) is 18.9. The normalized spacial score (nSPS) is 19.3. The number of methoxy groups -OCH3 is 1. The van der Waals surface area contributed by atoms with Crippen molar-refractivity contribution in [3.05, 3.63) is 23.8 Å². The fourth-order valence-electron chi connectivity index (χ4n) is 2.61. The van der Waals surface area contributed by atoms with Crippen LogP contribution in [0.3, 0.4) is 0 Å². The van der Waals surface area contributed by atoms with Crippen molar-refractivity contribution in [1.29, 1.82) is 0 Å². The number of benzene rings is 1. The molecule has 0 radical (unpaired) electrons. The predicted octanol–water partition coefficient (Wildman–Crippen LogP) is 3.64. The molecule has 2 rings (SSSR count). The van der Waals surface area contributed by atoms with Gasteiger partial charge >= 0.3 is 6.18 Å². The monoisotopic (exact) mass is 347 g/mol. The number of nitrogens with zero attached hydrogens (tertiary/aromatic N) is 1. The Balaban J connectivity index is 2.10. The molecule has 0 N–H and O–H groups in total. The van der Waals surface area contributed by atoms with Gasteiger partial charge in [-0.25, -0.2) is 0 Å². The highest BCUT2D eigenvalue weighted by molar-refractivity contribution is 5.46. The molecule has 0 amide bonds. The van der Waals surface area contributed by atoms with Gasteiger partial charge in [0.25, 0.3) is 0 Å². The maximum atomic E-state index is 12.9. The molecule has 1 saturated heterocycles. The summed E-state index contributed by atoms with van der Waals surface area (Å²) in [5.74, 6) is 1.22. The summed E-state index contributed by atoms with van der Waals surface area (Å²) >= 11 is 0. The lowest BCUT2D eigenvalue weighted by Gasteiger charge is -2.34. The van der Waals surface area contributed by atoms with E-state index >= 15 is 0 Å². The van der Waals surface area contributed by atoms with E-state index in [-0.39, 0.29) is 13.2 Å². The van der Waals surface area contributed by atoms with Gasteiger partial charge in [-0.3, -0.25) is 4.90 Å². The molecule has 1 aliphatic rings. The molecule has 4 nitrogen and oxygen atoms in total. The zero-order chi connectivity index (χ0) is 17.6. The lowest BCUT2D eigenvalue weighted by Crippen LogP contribution is -2.48. The van der Waals surface area contributed by atoms with E-state index in [2.05, 4.69) is 6.92 Å². The smallest absolute Gasteiger partial charge is 0.415 e. The Morgan fingerprint density at radius 2 is 2.12 bits per heavy atom. The van der Waals surface area contributed by atoms with E-state index in [9.17, 15) is 13.2 Å². The van der Waals surface area contributed by atoms with E-state index in [0.29, 0.717) is 31.2 Å². The second-order valence-electron chi connectivity index (χ2n) is 5.79. The number of hydrogen-bond donors (Lipinski definition) is 0. The Hall–Kier alpha value is -1.47. The topological polar surface area (TPSA) is 30.9 Å². The zero-order valence-electron chi connectivity index (χ0n) is 14.1. The lowest BCUT2D eigenvalue weighted by molar-refractivity contribution is -0.237. The molecule has 1 heterocycles. The van der Waals surface area contributed by atoms with Crippen molar-refractivity contribution in [2.75, 3.05) is 33.4 Å². The molecule has 7 heteroatoms. The highest BCUT2D eigenvalue weighted by Crippen LogP contribution is 2.33. The minimum absolute atomic E-state index is 0.0696. The van der Waals surface area contributed by atoms with E-state index in [1.54, 1.807) is 18.1 Å². The Morgan fingerprint density at radius 3 is 2.79 bits per heavy atom. The van der Waals surface area contributed by atoms with E-state index in [1.807, 2.05) is 12.1 Å². The van der Waals surface area contributed by atoms with Gasteiger partial charge < -0.3 is 14.2 Å². The first-order chi connectivity index (χ1) is 11.5. The Labute approximate surface area is 140 Å². The van der Waals surface area contributed by atoms with Gasteiger partial charge in [-0.2, -0.15) is 13.2 Å². The minimum atomic E-state index is -4.34. The molecule has 1 fully saturated rings. The molecule has 0 spiro atoms. The van der Waals surface area contributed by atoms with Crippen molar-refractivity contribution in [1.82, 2.24) is 4.90 Å². The van der Waals surface area contributed by atoms with Gasteiger partial charge in [0.15, 0.2) is 17.6 Å². The maximum Gasteiger partial charge on any atom is 0.415 e. The van der Waals surface area contributed by atoms with Gasteiger partial charge in [-0.15, -0.1) is 0 Å². The first-order valence-corrected chi connectivity index (χ1v) is 8.15. The summed E-state index contributed by atoms with van der Waals surface area (Å²) < 4.78 is 54.6. The quantitative estimate of drug-likeness (QED) is 0.705. The van der Waals surface area contributed by atoms with Crippen LogP contribution in [0, 0.1) is 0 Å². The van der Waals surface area contributed by atoms with Crippen LogP contribution in [-0.2, 0) is 11.3 Å². The Kier molecular flexibility index (Phi) is 6.74. The third kappa shape index (κ3) is 5.01. The molecule has 24 heavy (non-hydrogen) atoms. The van der Waals surface area contributed by atoms with E-state index in [4.69, 9.17) is 14.2 Å².